The lowest BCUT2D eigenvalue weighted by Gasteiger charge is -2.17. The van der Waals surface area contributed by atoms with E-state index < -0.39 is 0 Å². The van der Waals surface area contributed by atoms with Crippen LogP contribution >= 0.6 is 23.1 Å². The van der Waals surface area contributed by atoms with E-state index in [4.69, 9.17) is 4.74 Å². The Morgan fingerprint density at radius 2 is 2.11 bits per heavy atom. The second-order valence-corrected chi connectivity index (χ2v) is 6.17. The van der Waals surface area contributed by atoms with Gasteiger partial charge in [-0.25, -0.2) is 0 Å². The minimum Gasteiger partial charge on any atom is -0.488 e. The van der Waals surface area contributed by atoms with Crippen molar-refractivity contribution in [1.29, 1.82) is 0 Å². The standard InChI is InChI=1S/C15H19NOS2/c1-12(10-16-11-13-6-5-9-19-13)17-14-7-3-4-8-15(14)18-2/h3-9,12,16H,10-11H2,1-2H3. The van der Waals surface area contributed by atoms with Gasteiger partial charge in [0.25, 0.3) is 0 Å². The fourth-order valence-corrected chi connectivity index (χ4v) is 2.99. The van der Waals surface area contributed by atoms with Gasteiger partial charge in [-0.2, -0.15) is 0 Å². The zero-order valence-corrected chi connectivity index (χ0v) is 12.9. The van der Waals surface area contributed by atoms with Crippen molar-refractivity contribution in [1.82, 2.24) is 5.32 Å². The highest BCUT2D eigenvalue weighted by Gasteiger charge is 2.07. The molecular weight excluding hydrogens is 274 g/mol. The fraction of sp³-hybridized carbons (Fsp3) is 0.333. The predicted octanol–water partition coefficient (Wildman–Crippen LogP) is 4.03. The Morgan fingerprint density at radius 3 is 2.84 bits per heavy atom. The highest BCUT2D eigenvalue weighted by Crippen LogP contribution is 2.27. The molecular formula is C15H19NOS2. The molecule has 19 heavy (non-hydrogen) atoms. The molecule has 1 heterocycles. The third-order valence-corrected chi connectivity index (χ3v) is 4.36. The Balaban J connectivity index is 1.79. The number of hydrogen-bond acceptors (Lipinski definition) is 4. The predicted molar refractivity (Wildman–Crippen MR) is 84.3 cm³/mol. The summed E-state index contributed by atoms with van der Waals surface area (Å²) in [6, 6.07) is 12.4. The second kappa shape index (κ2) is 7.58. The Morgan fingerprint density at radius 1 is 1.26 bits per heavy atom. The summed E-state index contributed by atoms with van der Waals surface area (Å²) < 4.78 is 5.98. The molecule has 0 bridgehead atoms. The van der Waals surface area contributed by atoms with Crippen molar-refractivity contribution >= 4 is 23.1 Å². The number of ether oxygens (including phenoxy) is 1. The Bertz CT molecular complexity index is 485. The summed E-state index contributed by atoms with van der Waals surface area (Å²) in [5, 5.41) is 5.53. The van der Waals surface area contributed by atoms with Crippen molar-refractivity contribution < 1.29 is 4.74 Å². The molecule has 0 spiro atoms. The van der Waals surface area contributed by atoms with Gasteiger partial charge in [-0.1, -0.05) is 18.2 Å². The van der Waals surface area contributed by atoms with E-state index in [0.717, 1.165) is 18.8 Å². The van der Waals surface area contributed by atoms with E-state index in [1.165, 1.54) is 9.77 Å². The molecule has 0 aliphatic rings. The van der Waals surface area contributed by atoms with Crippen LogP contribution in [0.15, 0.2) is 46.7 Å². The third-order valence-electron chi connectivity index (χ3n) is 2.71. The van der Waals surface area contributed by atoms with Crippen molar-refractivity contribution in [2.75, 3.05) is 12.8 Å². The van der Waals surface area contributed by atoms with Gasteiger partial charge in [0, 0.05) is 22.9 Å². The number of hydrogen-bond donors (Lipinski definition) is 1. The number of para-hydroxylation sites is 1. The molecule has 0 fully saturated rings. The molecule has 4 heteroatoms. The molecule has 2 rings (SSSR count). The van der Waals surface area contributed by atoms with Crippen LogP contribution in [0.5, 0.6) is 5.75 Å². The molecule has 0 saturated carbocycles. The van der Waals surface area contributed by atoms with E-state index in [1.807, 2.05) is 18.2 Å². The summed E-state index contributed by atoms with van der Waals surface area (Å²) in [5.74, 6) is 0.973. The first-order valence-electron chi connectivity index (χ1n) is 6.32. The number of thioether (sulfide) groups is 1. The lowest BCUT2D eigenvalue weighted by molar-refractivity contribution is 0.212. The van der Waals surface area contributed by atoms with Crippen LogP contribution in [-0.4, -0.2) is 18.9 Å². The van der Waals surface area contributed by atoms with Crippen LogP contribution < -0.4 is 10.1 Å². The second-order valence-electron chi connectivity index (χ2n) is 4.29. The van der Waals surface area contributed by atoms with Gasteiger partial charge in [0.2, 0.25) is 0 Å². The summed E-state index contributed by atoms with van der Waals surface area (Å²) in [4.78, 5) is 2.55. The van der Waals surface area contributed by atoms with E-state index in [1.54, 1.807) is 23.1 Å². The van der Waals surface area contributed by atoms with E-state index in [2.05, 4.69) is 42.1 Å². The highest BCUT2D eigenvalue weighted by molar-refractivity contribution is 7.98. The van der Waals surface area contributed by atoms with Crippen molar-refractivity contribution in [3.8, 4) is 5.75 Å². The summed E-state index contributed by atoms with van der Waals surface area (Å²) in [7, 11) is 0. The van der Waals surface area contributed by atoms with Gasteiger partial charge in [-0.05, 0) is 36.8 Å². The molecule has 0 amide bonds. The smallest absolute Gasteiger partial charge is 0.133 e. The minimum atomic E-state index is 0.160. The minimum absolute atomic E-state index is 0.160. The number of thiophene rings is 1. The fourth-order valence-electron chi connectivity index (χ4n) is 1.79. The van der Waals surface area contributed by atoms with E-state index >= 15 is 0 Å². The zero-order valence-electron chi connectivity index (χ0n) is 11.3. The molecule has 1 unspecified atom stereocenters. The first kappa shape index (κ1) is 14.4. The van der Waals surface area contributed by atoms with Gasteiger partial charge in [-0.15, -0.1) is 23.1 Å². The quantitative estimate of drug-likeness (QED) is 0.779. The largest absolute Gasteiger partial charge is 0.488 e. The van der Waals surface area contributed by atoms with Crippen LogP contribution in [-0.2, 0) is 6.54 Å². The Kier molecular flexibility index (Phi) is 5.76. The van der Waals surface area contributed by atoms with E-state index in [9.17, 15) is 0 Å². The summed E-state index contributed by atoms with van der Waals surface area (Å²) in [6.07, 6.45) is 2.23. The van der Waals surface area contributed by atoms with Crippen LogP contribution in [0.2, 0.25) is 0 Å². The summed E-state index contributed by atoms with van der Waals surface area (Å²) in [5.41, 5.74) is 0. The lowest BCUT2D eigenvalue weighted by atomic mass is 10.3. The maximum Gasteiger partial charge on any atom is 0.133 e. The average Bonchev–Trinajstić information content (AvgIpc) is 2.92. The molecule has 2 nitrogen and oxygen atoms in total. The molecule has 1 aromatic carbocycles. The van der Waals surface area contributed by atoms with Crippen LogP contribution in [0, 0.1) is 0 Å². The first-order valence-corrected chi connectivity index (χ1v) is 8.43. The SMILES string of the molecule is CSc1ccccc1OC(C)CNCc1cccs1. The molecule has 0 saturated heterocycles. The van der Waals surface area contributed by atoms with Crippen LogP contribution in [0.25, 0.3) is 0 Å². The van der Waals surface area contributed by atoms with Crippen molar-refractivity contribution in [2.24, 2.45) is 0 Å². The third kappa shape index (κ3) is 4.56. The molecule has 0 radical (unpaired) electrons. The van der Waals surface area contributed by atoms with E-state index in [-0.39, 0.29) is 6.10 Å². The molecule has 1 atom stereocenters. The van der Waals surface area contributed by atoms with Gasteiger partial charge < -0.3 is 10.1 Å². The normalized spacial score (nSPS) is 12.3. The number of rotatable bonds is 7. The highest BCUT2D eigenvalue weighted by atomic mass is 32.2. The molecule has 1 aromatic heterocycles. The van der Waals surface area contributed by atoms with Crippen molar-refractivity contribution in [3.05, 3.63) is 46.7 Å². The number of nitrogens with one attached hydrogen (secondary N) is 1. The molecule has 0 aliphatic carbocycles. The molecule has 2 aromatic rings. The van der Waals surface area contributed by atoms with E-state index in [0.29, 0.717) is 0 Å². The first-order chi connectivity index (χ1) is 9.29. The lowest BCUT2D eigenvalue weighted by Crippen LogP contribution is -2.28. The van der Waals surface area contributed by atoms with Crippen molar-refractivity contribution in [3.63, 3.8) is 0 Å². The van der Waals surface area contributed by atoms with Crippen LogP contribution in [0.3, 0.4) is 0 Å². The van der Waals surface area contributed by atoms with Crippen LogP contribution in [0.1, 0.15) is 11.8 Å². The van der Waals surface area contributed by atoms with Gasteiger partial charge in [0.05, 0.1) is 0 Å². The number of benzene rings is 1. The van der Waals surface area contributed by atoms with Gasteiger partial charge >= 0.3 is 0 Å². The summed E-state index contributed by atoms with van der Waals surface area (Å²) >= 11 is 3.49. The Hall–Kier alpha value is -0.970. The zero-order chi connectivity index (χ0) is 13.5. The summed E-state index contributed by atoms with van der Waals surface area (Å²) in [6.45, 7) is 3.86. The monoisotopic (exact) mass is 293 g/mol. The molecule has 0 aliphatic heterocycles. The van der Waals surface area contributed by atoms with Gasteiger partial charge in [0.1, 0.15) is 11.9 Å². The average molecular weight is 293 g/mol. The Labute approximate surface area is 123 Å². The van der Waals surface area contributed by atoms with Crippen LogP contribution in [0.4, 0.5) is 0 Å². The maximum absolute atomic E-state index is 5.98. The van der Waals surface area contributed by atoms with Crippen molar-refractivity contribution in [2.45, 2.75) is 24.5 Å². The van der Waals surface area contributed by atoms with Gasteiger partial charge in [0.15, 0.2) is 0 Å². The topological polar surface area (TPSA) is 21.3 Å². The van der Waals surface area contributed by atoms with Gasteiger partial charge in [-0.3, -0.25) is 0 Å². The maximum atomic E-state index is 5.98. The molecule has 1 N–H and O–H groups in total. The molecule has 102 valence electrons.